The molecular weight excluding hydrogens is 176 g/mol. The van der Waals surface area contributed by atoms with Crippen molar-refractivity contribution >= 4 is 5.97 Å². The minimum absolute atomic E-state index is 0.0532. The Morgan fingerprint density at radius 1 is 1.14 bits per heavy atom. The number of carbonyl (C=O) groups excluding carboxylic acids is 1. The second kappa shape index (κ2) is 3.92. The third-order valence-electron chi connectivity index (χ3n) is 3.90. The number of esters is 1. The number of hydrogen-bond donors (Lipinski definition) is 0. The molecule has 2 aliphatic rings. The fourth-order valence-corrected chi connectivity index (χ4v) is 3.31. The number of hydrogen-bond acceptors (Lipinski definition) is 2. The Kier molecular flexibility index (Phi) is 2.80. The molecule has 0 saturated heterocycles. The highest BCUT2D eigenvalue weighted by Crippen LogP contribution is 2.46. The first-order valence-corrected chi connectivity index (χ1v) is 5.92. The Morgan fingerprint density at radius 2 is 1.71 bits per heavy atom. The average molecular weight is 196 g/mol. The van der Waals surface area contributed by atoms with Crippen LogP contribution in [0.2, 0.25) is 0 Å². The lowest BCUT2D eigenvalue weighted by Crippen LogP contribution is -2.46. The third-order valence-corrected chi connectivity index (χ3v) is 3.90. The van der Waals surface area contributed by atoms with Crippen molar-refractivity contribution in [2.75, 3.05) is 0 Å². The van der Waals surface area contributed by atoms with Gasteiger partial charge in [0.25, 0.3) is 0 Å². The van der Waals surface area contributed by atoms with Gasteiger partial charge >= 0.3 is 5.97 Å². The first-order chi connectivity index (χ1) is 6.73. The molecule has 0 N–H and O–H groups in total. The second-order valence-corrected chi connectivity index (χ2v) is 4.85. The second-order valence-electron chi connectivity index (χ2n) is 4.85. The van der Waals surface area contributed by atoms with Crippen LogP contribution < -0.4 is 0 Å². The molecule has 0 aromatic rings. The fraction of sp³-hybridized carbons (Fsp3) is 0.917. The summed E-state index contributed by atoms with van der Waals surface area (Å²) in [4.78, 5) is 11.1. The van der Waals surface area contributed by atoms with E-state index in [1.54, 1.807) is 6.92 Å². The van der Waals surface area contributed by atoms with Crippen molar-refractivity contribution in [3.8, 4) is 0 Å². The normalized spacial score (nSPS) is 37.4. The van der Waals surface area contributed by atoms with Gasteiger partial charge in [-0.05, 0) is 44.4 Å². The largest absolute Gasteiger partial charge is 0.459 e. The molecule has 0 unspecified atom stereocenters. The average Bonchev–Trinajstić information content (AvgIpc) is 2.16. The van der Waals surface area contributed by atoms with E-state index in [4.69, 9.17) is 4.74 Å². The highest BCUT2D eigenvalue weighted by atomic mass is 16.6. The van der Waals surface area contributed by atoms with Crippen LogP contribution in [0, 0.1) is 5.92 Å². The number of fused-ring (bicyclic) bond motifs is 1. The molecule has 2 saturated carbocycles. The van der Waals surface area contributed by atoms with E-state index in [0.717, 1.165) is 12.8 Å². The maximum Gasteiger partial charge on any atom is 0.303 e. The standard InChI is InChI=1S/C12H20O2/c1-10(13)14-12-8-4-2-6-11(12)7-3-5-9-12/h11H,2-9H2,1H3. The van der Waals surface area contributed by atoms with E-state index in [9.17, 15) is 4.79 Å². The first-order valence-electron chi connectivity index (χ1n) is 5.92. The Hall–Kier alpha value is -0.530. The molecule has 2 nitrogen and oxygen atoms in total. The van der Waals surface area contributed by atoms with Crippen LogP contribution in [0.1, 0.15) is 58.3 Å². The molecule has 14 heavy (non-hydrogen) atoms. The minimum atomic E-state index is -0.0844. The number of carbonyl (C=O) groups is 1. The SMILES string of the molecule is CC(=O)OC12CCCCC1CCCC2. The summed E-state index contributed by atoms with van der Waals surface area (Å²) in [7, 11) is 0. The molecule has 2 aliphatic carbocycles. The van der Waals surface area contributed by atoms with Crippen LogP contribution in [0.3, 0.4) is 0 Å². The summed E-state index contributed by atoms with van der Waals surface area (Å²) < 4.78 is 5.64. The molecule has 0 aromatic heterocycles. The molecule has 0 radical (unpaired) electrons. The fourth-order valence-electron chi connectivity index (χ4n) is 3.31. The van der Waals surface area contributed by atoms with Crippen molar-refractivity contribution < 1.29 is 9.53 Å². The lowest BCUT2D eigenvalue weighted by Gasteiger charge is -2.46. The van der Waals surface area contributed by atoms with Gasteiger partial charge in [-0.1, -0.05) is 12.8 Å². The van der Waals surface area contributed by atoms with E-state index in [2.05, 4.69) is 0 Å². The molecule has 0 heterocycles. The molecule has 2 fully saturated rings. The molecule has 0 spiro atoms. The highest BCUT2D eigenvalue weighted by molar-refractivity contribution is 5.66. The quantitative estimate of drug-likeness (QED) is 0.602. The lowest BCUT2D eigenvalue weighted by molar-refractivity contribution is -0.173. The Labute approximate surface area is 86.0 Å². The summed E-state index contributed by atoms with van der Waals surface area (Å²) in [6, 6.07) is 0. The Morgan fingerprint density at radius 3 is 2.21 bits per heavy atom. The van der Waals surface area contributed by atoms with E-state index in [1.807, 2.05) is 0 Å². The van der Waals surface area contributed by atoms with Crippen molar-refractivity contribution in [2.45, 2.75) is 63.9 Å². The predicted octanol–water partition coefficient (Wildman–Crippen LogP) is 3.05. The van der Waals surface area contributed by atoms with Crippen LogP contribution in [-0.4, -0.2) is 11.6 Å². The van der Waals surface area contributed by atoms with E-state index in [1.165, 1.54) is 38.5 Å². The van der Waals surface area contributed by atoms with Gasteiger partial charge in [0.1, 0.15) is 5.60 Å². The van der Waals surface area contributed by atoms with E-state index in [-0.39, 0.29) is 11.6 Å². The molecule has 2 heteroatoms. The number of ether oxygens (including phenoxy) is 1. The smallest absolute Gasteiger partial charge is 0.303 e. The van der Waals surface area contributed by atoms with Crippen LogP contribution in [-0.2, 0) is 9.53 Å². The summed E-state index contributed by atoms with van der Waals surface area (Å²) >= 11 is 0. The number of rotatable bonds is 1. The van der Waals surface area contributed by atoms with Crippen LogP contribution in [0.15, 0.2) is 0 Å². The maximum atomic E-state index is 11.1. The molecule has 80 valence electrons. The van der Waals surface area contributed by atoms with E-state index in [0.29, 0.717) is 5.92 Å². The lowest BCUT2D eigenvalue weighted by atomic mass is 9.67. The molecule has 0 bridgehead atoms. The van der Waals surface area contributed by atoms with Gasteiger partial charge in [0, 0.05) is 6.92 Å². The molecule has 0 atom stereocenters. The van der Waals surface area contributed by atoms with Crippen LogP contribution >= 0.6 is 0 Å². The van der Waals surface area contributed by atoms with Gasteiger partial charge in [-0.2, -0.15) is 0 Å². The predicted molar refractivity (Wildman–Crippen MR) is 54.9 cm³/mol. The summed E-state index contributed by atoms with van der Waals surface area (Å²) in [6.07, 6.45) is 9.89. The van der Waals surface area contributed by atoms with Crippen molar-refractivity contribution in [3.05, 3.63) is 0 Å². The van der Waals surface area contributed by atoms with Gasteiger partial charge in [-0.25, -0.2) is 0 Å². The van der Waals surface area contributed by atoms with Gasteiger partial charge in [0.2, 0.25) is 0 Å². The van der Waals surface area contributed by atoms with Crippen molar-refractivity contribution in [3.63, 3.8) is 0 Å². The van der Waals surface area contributed by atoms with Crippen molar-refractivity contribution in [1.29, 1.82) is 0 Å². The molecule has 0 aromatic carbocycles. The first kappa shape index (κ1) is 10.0. The Balaban J connectivity index is 2.11. The van der Waals surface area contributed by atoms with Gasteiger partial charge in [0.05, 0.1) is 0 Å². The maximum absolute atomic E-state index is 11.1. The topological polar surface area (TPSA) is 26.3 Å². The van der Waals surface area contributed by atoms with Gasteiger partial charge in [-0.3, -0.25) is 4.79 Å². The zero-order chi connectivity index (χ0) is 10.0. The molecule has 2 rings (SSSR count). The van der Waals surface area contributed by atoms with Gasteiger partial charge < -0.3 is 4.74 Å². The van der Waals surface area contributed by atoms with Crippen LogP contribution in [0.25, 0.3) is 0 Å². The Bertz CT molecular complexity index is 210. The zero-order valence-corrected chi connectivity index (χ0v) is 9.05. The van der Waals surface area contributed by atoms with E-state index >= 15 is 0 Å². The summed E-state index contributed by atoms with van der Waals surface area (Å²) in [5, 5.41) is 0. The highest BCUT2D eigenvalue weighted by Gasteiger charge is 2.44. The molecule has 0 aliphatic heterocycles. The molecule has 0 amide bonds. The summed E-state index contributed by atoms with van der Waals surface area (Å²) in [6.45, 7) is 1.55. The van der Waals surface area contributed by atoms with Crippen LogP contribution in [0.4, 0.5) is 0 Å². The van der Waals surface area contributed by atoms with Gasteiger partial charge in [-0.15, -0.1) is 0 Å². The van der Waals surface area contributed by atoms with Crippen molar-refractivity contribution in [1.82, 2.24) is 0 Å². The summed E-state index contributed by atoms with van der Waals surface area (Å²) in [5.41, 5.74) is -0.0532. The van der Waals surface area contributed by atoms with Gasteiger partial charge in [0.15, 0.2) is 0 Å². The zero-order valence-electron chi connectivity index (χ0n) is 9.05. The molecular formula is C12H20O2. The monoisotopic (exact) mass is 196 g/mol. The van der Waals surface area contributed by atoms with Crippen LogP contribution in [0.5, 0.6) is 0 Å². The van der Waals surface area contributed by atoms with Crippen molar-refractivity contribution in [2.24, 2.45) is 5.92 Å². The minimum Gasteiger partial charge on any atom is -0.459 e. The third kappa shape index (κ3) is 1.79. The van der Waals surface area contributed by atoms with E-state index < -0.39 is 0 Å². The summed E-state index contributed by atoms with van der Waals surface area (Å²) in [5.74, 6) is 0.577.